The van der Waals surface area contributed by atoms with Gasteiger partial charge in [0.1, 0.15) is 11.1 Å². The minimum atomic E-state index is -1.25. The Labute approximate surface area is 154 Å². The minimum absolute atomic E-state index is 0.0181. The fourth-order valence-corrected chi connectivity index (χ4v) is 3.14. The van der Waals surface area contributed by atoms with Crippen LogP contribution in [0.3, 0.4) is 0 Å². The summed E-state index contributed by atoms with van der Waals surface area (Å²) < 4.78 is 5.52. The summed E-state index contributed by atoms with van der Waals surface area (Å²) in [5, 5.41) is 4.09. The van der Waals surface area contributed by atoms with Crippen LogP contribution in [-0.2, 0) is 10.3 Å². The number of carbonyl (C=O) groups excluding carboxylic acids is 3. The van der Waals surface area contributed by atoms with Gasteiger partial charge in [0, 0.05) is 5.39 Å². The fraction of sp³-hybridized carbons (Fsp3) is 0.150. The molecule has 3 aromatic rings. The summed E-state index contributed by atoms with van der Waals surface area (Å²) >= 11 is 0. The zero-order chi connectivity index (χ0) is 19.2. The average molecular weight is 363 g/mol. The molecule has 1 aromatic heterocycles. The van der Waals surface area contributed by atoms with E-state index in [1.165, 1.54) is 0 Å². The van der Waals surface area contributed by atoms with E-state index in [1.807, 2.05) is 25.1 Å². The number of amides is 4. The normalized spacial score (nSPS) is 19.4. The topological polar surface area (TPSA) is 91.7 Å². The second kappa shape index (κ2) is 5.98. The van der Waals surface area contributed by atoms with Gasteiger partial charge in [-0.05, 0) is 37.6 Å². The Balaban J connectivity index is 1.59. The van der Waals surface area contributed by atoms with Gasteiger partial charge < -0.3 is 9.73 Å². The highest BCUT2D eigenvalue weighted by Gasteiger charge is 2.50. The Kier molecular flexibility index (Phi) is 3.73. The van der Waals surface area contributed by atoms with Gasteiger partial charge in [0.15, 0.2) is 5.76 Å². The first-order chi connectivity index (χ1) is 12.9. The highest BCUT2D eigenvalue weighted by molar-refractivity contribution is 6.09. The number of urea groups is 1. The first kappa shape index (κ1) is 16.8. The minimum Gasteiger partial charge on any atom is -0.451 e. The van der Waals surface area contributed by atoms with Crippen molar-refractivity contribution in [3.05, 3.63) is 71.5 Å². The lowest BCUT2D eigenvalue weighted by Gasteiger charge is -2.21. The number of benzene rings is 2. The number of hydrogen-bond donors (Lipinski definition) is 2. The first-order valence-electron chi connectivity index (χ1n) is 8.42. The molecule has 0 radical (unpaired) electrons. The van der Waals surface area contributed by atoms with Crippen molar-refractivity contribution >= 4 is 28.8 Å². The molecule has 2 N–H and O–H groups in total. The fourth-order valence-electron chi connectivity index (χ4n) is 3.14. The van der Waals surface area contributed by atoms with Crippen LogP contribution in [0.25, 0.3) is 11.0 Å². The molecule has 7 heteroatoms. The molecule has 1 unspecified atom stereocenters. The summed E-state index contributed by atoms with van der Waals surface area (Å²) in [4.78, 5) is 37.6. The molecular weight excluding hydrogens is 346 g/mol. The SMILES string of the molecule is Cc1ccc2oc(C(=O)NN3C(=O)NC(C)(c4ccccc4)C3=O)cc2c1. The van der Waals surface area contributed by atoms with Crippen LogP contribution < -0.4 is 10.7 Å². The molecule has 1 fully saturated rings. The van der Waals surface area contributed by atoms with E-state index >= 15 is 0 Å². The summed E-state index contributed by atoms with van der Waals surface area (Å²) in [6.45, 7) is 3.53. The first-order valence-corrected chi connectivity index (χ1v) is 8.42. The highest BCUT2D eigenvalue weighted by Crippen LogP contribution is 2.28. The van der Waals surface area contributed by atoms with Crippen LogP contribution in [0.15, 0.2) is 59.0 Å². The van der Waals surface area contributed by atoms with Gasteiger partial charge in [-0.25, -0.2) is 10.2 Å². The van der Waals surface area contributed by atoms with E-state index in [9.17, 15) is 14.4 Å². The predicted molar refractivity (Wildman–Crippen MR) is 97.6 cm³/mol. The standard InChI is InChI=1S/C20H17N3O4/c1-12-8-9-15-13(10-12)11-16(27-15)17(24)22-23-18(25)20(2,21-19(23)26)14-6-4-3-5-7-14/h3-11H,1-2H3,(H,21,26)(H,22,24). The zero-order valence-corrected chi connectivity index (χ0v) is 14.8. The van der Waals surface area contributed by atoms with E-state index in [-0.39, 0.29) is 5.76 Å². The molecule has 0 aliphatic carbocycles. The van der Waals surface area contributed by atoms with Crippen LogP contribution in [0.2, 0.25) is 0 Å². The third-order valence-electron chi connectivity index (χ3n) is 4.65. The summed E-state index contributed by atoms with van der Waals surface area (Å²) in [7, 11) is 0. The van der Waals surface area contributed by atoms with Crippen molar-refractivity contribution in [2.75, 3.05) is 0 Å². The van der Waals surface area contributed by atoms with Gasteiger partial charge in [-0.15, -0.1) is 0 Å². The number of aryl methyl sites for hydroxylation is 1. The van der Waals surface area contributed by atoms with Crippen molar-refractivity contribution in [2.24, 2.45) is 0 Å². The number of hydrogen-bond acceptors (Lipinski definition) is 4. The van der Waals surface area contributed by atoms with Gasteiger partial charge in [0.05, 0.1) is 0 Å². The van der Waals surface area contributed by atoms with Crippen LogP contribution >= 0.6 is 0 Å². The maximum absolute atomic E-state index is 12.8. The van der Waals surface area contributed by atoms with Crippen LogP contribution in [-0.4, -0.2) is 22.9 Å². The largest absolute Gasteiger partial charge is 0.451 e. The van der Waals surface area contributed by atoms with Crippen LogP contribution in [0, 0.1) is 6.92 Å². The molecule has 0 spiro atoms. The van der Waals surface area contributed by atoms with Gasteiger partial charge >= 0.3 is 11.9 Å². The lowest BCUT2D eigenvalue weighted by Crippen LogP contribution is -2.47. The molecule has 2 aromatic carbocycles. The summed E-state index contributed by atoms with van der Waals surface area (Å²) in [6.07, 6.45) is 0. The number of rotatable bonds is 3. The lowest BCUT2D eigenvalue weighted by atomic mass is 9.92. The smallest absolute Gasteiger partial charge is 0.344 e. The second-order valence-electron chi connectivity index (χ2n) is 6.65. The Morgan fingerprint density at radius 3 is 2.59 bits per heavy atom. The average Bonchev–Trinajstić information content (AvgIpc) is 3.17. The van der Waals surface area contributed by atoms with Gasteiger partial charge in [0.2, 0.25) is 0 Å². The third-order valence-corrected chi connectivity index (χ3v) is 4.65. The quantitative estimate of drug-likeness (QED) is 0.700. The molecule has 136 valence electrons. The number of nitrogens with one attached hydrogen (secondary N) is 2. The number of imide groups is 1. The van der Waals surface area contributed by atoms with Crippen molar-refractivity contribution in [3.8, 4) is 0 Å². The van der Waals surface area contributed by atoms with E-state index in [0.717, 1.165) is 10.9 Å². The van der Waals surface area contributed by atoms with Gasteiger partial charge in [-0.3, -0.25) is 9.59 Å². The molecule has 7 nitrogen and oxygen atoms in total. The van der Waals surface area contributed by atoms with E-state index in [4.69, 9.17) is 4.42 Å². The molecule has 0 saturated carbocycles. The molecular formula is C20H17N3O4. The van der Waals surface area contributed by atoms with Gasteiger partial charge in [-0.2, -0.15) is 5.01 Å². The molecule has 0 bridgehead atoms. The maximum atomic E-state index is 12.8. The molecule has 4 amide bonds. The Morgan fingerprint density at radius 1 is 1.11 bits per heavy atom. The zero-order valence-electron chi connectivity index (χ0n) is 14.8. The molecule has 2 heterocycles. The molecule has 1 saturated heterocycles. The molecule has 1 aliphatic heterocycles. The molecule has 1 atom stereocenters. The van der Waals surface area contributed by atoms with Crippen LogP contribution in [0.5, 0.6) is 0 Å². The van der Waals surface area contributed by atoms with Crippen molar-refractivity contribution in [3.63, 3.8) is 0 Å². The van der Waals surface area contributed by atoms with Crippen molar-refractivity contribution in [2.45, 2.75) is 19.4 Å². The van der Waals surface area contributed by atoms with Crippen molar-refractivity contribution < 1.29 is 18.8 Å². The Hall–Kier alpha value is -3.61. The summed E-state index contributed by atoms with van der Waals surface area (Å²) in [5.41, 5.74) is 3.29. The van der Waals surface area contributed by atoms with Gasteiger partial charge in [0.25, 0.3) is 5.91 Å². The summed E-state index contributed by atoms with van der Waals surface area (Å²) in [6, 6.07) is 15.2. The van der Waals surface area contributed by atoms with E-state index < -0.39 is 23.4 Å². The van der Waals surface area contributed by atoms with Crippen molar-refractivity contribution in [1.29, 1.82) is 0 Å². The number of hydrazine groups is 1. The predicted octanol–water partition coefficient (Wildman–Crippen LogP) is 2.85. The van der Waals surface area contributed by atoms with Crippen molar-refractivity contribution in [1.82, 2.24) is 15.8 Å². The van der Waals surface area contributed by atoms with E-state index in [0.29, 0.717) is 16.2 Å². The van der Waals surface area contributed by atoms with Crippen LogP contribution in [0.4, 0.5) is 4.79 Å². The number of nitrogens with zero attached hydrogens (tertiary/aromatic N) is 1. The monoisotopic (exact) mass is 363 g/mol. The number of furan rings is 1. The molecule has 27 heavy (non-hydrogen) atoms. The van der Waals surface area contributed by atoms with Gasteiger partial charge in [-0.1, -0.05) is 42.0 Å². The highest BCUT2D eigenvalue weighted by atomic mass is 16.3. The Morgan fingerprint density at radius 2 is 1.85 bits per heavy atom. The van der Waals surface area contributed by atoms with Crippen LogP contribution in [0.1, 0.15) is 28.6 Å². The number of carbonyl (C=O) groups is 3. The third kappa shape index (κ3) is 2.73. The number of fused-ring (bicyclic) bond motifs is 1. The maximum Gasteiger partial charge on any atom is 0.344 e. The molecule has 4 rings (SSSR count). The summed E-state index contributed by atoms with van der Waals surface area (Å²) in [5.74, 6) is -1.23. The second-order valence-corrected chi connectivity index (χ2v) is 6.65. The van der Waals surface area contributed by atoms with E-state index in [2.05, 4.69) is 10.7 Å². The lowest BCUT2D eigenvalue weighted by molar-refractivity contribution is -0.132. The van der Waals surface area contributed by atoms with E-state index in [1.54, 1.807) is 43.3 Å². The Bertz CT molecular complexity index is 1070. The molecule has 1 aliphatic rings.